The van der Waals surface area contributed by atoms with Gasteiger partial charge < -0.3 is 0 Å². The van der Waals surface area contributed by atoms with Crippen LogP contribution < -0.4 is 0 Å². The van der Waals surface area contributed by atoms with Crippen LogP contribution in [0, 0.1) is 0 Å². The Balaban J connectivity index is 1.07. The molecule has 3 nitrogen and oxygen atoms in total. The lowest BCUT2D eigenvalue weighted by Crippen LogP contribution is -1.97. The maximum absolute atomic E-state index is 5.29. The first-order chi connectivity index (χ1) is 26.8. The van der Waals surface area contributed by atoms with E-state index in [1.54, 1.807) is 6.20 Å². The van der Waals surface area contributed by atoms with Crippen LogP contribution >= 0.6 is 0 Å². The molecule has 0 N–H and O–H groups in total. The number of aromatic nitrogens is 3. The number of pyridine rings is 1. The largest absolute Gasteiger partial charge is 0.264 e. The topological polar surface area (TPSA) is 38.7 Å². The van der Waals surface area contributed by atoms with E-state index in [0.29, 0.717) is 5.82 Å². The van der Waals surface area contributed by atoms with Crippen molar-refractivity contribution in [1.29, 1.82) is 0 Å². The van der Waals surface area contributed by atoms with Crippen molar-refractivity contribution in [2.24, 2.45) is 0 Å². The van der Waals surface area contributed by atoms with E-state index in [0.717, 1.165) is 39.2 Å². The zero-order valence-electron chi connectivity index (χ0n) is 29.2. The molecule has 2 aromatic heterocycles. The molecule has 0 saturated heterocycles. The Morgan fingerprint density at radius 2 is 0.926 bits per heavy atom. The van der Waals surface area contributed by atoms with Crippen LogP contribution in [0.1, 0.15) is 0 Å². The quantitative estimate of drug-likeness (QED) is 0.169. The molecule has 0 radical (unpaired) electrons. The van der Waals surface area contributed by atoms with Crippen molar-refractivity contribution in [1.82, 2.24) is 15.0 Å². The van der Waals surface area contributed by atoms with E-state index in [1.165, 1.54) is 65.7 Å². The van der Waals surface area contributed by atoms with Crippen LogP contribution in [0.25, 0.3) is 111 Å². The highest BCUT2D eigenvalue weighted by Crippen LogP contribution is 2.49. The van der Waals surface area contributed by atoms with Crippen molar-refractivity contribution >= 4 is 32.3 Å². The van der Waals surface area contributed by atoms with Gasteiger partial charge in [0, 0.05) is 29.1 Å². The zero-order valence-corrected chi connectivity index (χ0v) is 29.2. The molecule has 0 saturated carbocycles. The molecule has 11 rings (SSSR count). The predicted molar refractivity (Wildman–Crippen MR) is 224 cm³/mol. The Labute approximate surface area is 312 Å². The summed E-state index contributed by atoms with van der Waals surface area (Å²) in [7, 11) is 0. The first-order valence-corrected chi connectivity index (χ1v) is 18.3. The minimum Gasteiger partial charge on any atom is -0.264 e. The molecule has 8 aromatic carbocycles. The molecular formula is C51H31N3. The van der Waals surface area contributed by atoms with Crippen LogP contribution in [0.5, 0.6) is 0 Å². The van der Waals surface area contributed by atoms with Crippen molar-refractivity contribution in [3.63, 3.8) is 0 Å². The number of hydrogen-bond donors (Lipinski definition) is 0. The van der Waals surface area contributed by atoms with Crippen LogP contribution in [-0.4, -0.2) is 15.0 Å². The fraction of sp³-hybridized carbons (Fsp3) is 0. The maximum atomic E-state index is 5.29. The van der Waals surface area contributed by atoms with Gasteiger partial charge >= 0.3 is 0 Å². The van der Waals surface area contributed by atoms with Gasteiger partial charge in [-0.3, -0.25) is 4.98 Å². The molecule has 0 bridgehead atoms. The number of fused-ring (bicyclic) bond motifs is 6. The molecule has 0 atom stereocenters. The summed E-state index contributed by atoms with van der Waals surface area (Å²) in [4.78, 5) is 14.8. The van der Waals surface area contributed by atoms with Gasteiger partial charge in [-0.1, -0.05) is 158 Å². The maximum Gasteiger partial charge on any atom is 0.160 e. The Bertz CT molecular complexity index is 3050. The van der Waals surface area contributed by atoms with Crippen molar-refractivity contribution in [3.8, 4) is 78.4 Å². The van der Waals surface area contributed by atoms with E-state index in [1.807, 2.05) is 12.3 Å². The summed E-state index contributed by atoms with van der Waals surface area (Å²) in [6, 6.07) is 63.0. The molecule has 0 fully saturated rings. The fourth-order valence-electron chi connectivity index (χ4n) is 8.35. The first kappa shape index (κ1) is 30.4. The first-order valence-electron chi connectivity index (χ1n) is 18.3. The van der Waals surface area contributed by atoms with Gasteiger partial charge in [0.15, 0.2) is 5.82 Å². The molecule has 0 spiro atoms. The third-order valence-corrected chi connectivity index (χ3v) is 10.9. The summed E-state index contributed by atoms with van der Waals surface area (Å²) in [6.45, 7) is 0. The lowest BCUT2D eigenvalue weighted by molar-refractivity contribution is 1.18. The normalized spacial score (nSPS) is 11.7. The summed E-state index contributed by atoms with van der Waals surface area (Å²) in [6.07, 6.45) is 3.69. The fourth-order valence-corrected chi connectivity index (χ4v) is 8.35. The number of nitrogens with zero attached hydrogens (tertiary/aromatic N) is 3. The molecule has 0 unspecified atom stereocenters. The van der Waals surface area contributed by atoms with Crippen molar-refractivity contribution in [2.45, 2.75) is 0 Å². The molecule has 1 aliphatic carbocycles. The molecule has 0 amide bonds. The summed E-state index contributed by atoms with van der Waals surface area (Å²) in [5, 5.41) is 7.51. The SMILES string of the molecule is c1cncc(-c2ccc(-c3nc(-c4ccc(-c5cc6ccccc6c6ccccc56)cc4)cc(-c4ccc5c6c(cccc46)-c4ccccc4-5)n3)cc2)c1. The summed E-state index contributed by atoms with van der Waals surface area (Å²) >= 11 is 0. The minimum absolute atomic E-state index is 0.691. The van der Waals surface area contributed by atoms with E-state index in [-0.39, 0.29) is 0 Å². The molecule has 54 heavy (non-hydrogen) atoms. The Morgan fingerprint density at radius 3 is 1.72 bits per heavy atom. The highest BCUT2D eigenvalue weighted by molar-refractivity contribution is 6.18. The number of hydrogen-bond acceptors (Lipinski definition) is 3. The van der Waals surface area contributed by atoms with Gasteiger partial charge in [0.25, 0.3) is 0 Å². The van der Waals surface area contributed by atoms with Gasteiger partial charge in [-0.25, -0.2) is 9.97 Å². The second kappa shape index (κ2) is 12.2. The van der Waals surface area contributed by atoms with Crippen LogP contribution in [0.2, 0.25) is 0 Å². The van der Waals surface area contributed by atoms with Gasteiger partial charge in [0.05, 0.1) is 11.4 Å². The van der Waals surface area contributed by atoms with Gasteiger partial charge in [-0.15, -0.1) is 0 Å². The van der Waals surface area contributed by atoms with Crippen molar-refractivity contribution < 1.29 is 0 Å². The van der Waals surface area contributed by atoms with Crippen LogP contribution in [-0.2, 0) is 0 Å². The molecule has 250 valence electrons. The number of benzene rings is 8. The molecule has 1 aliphatic rings. The number of rotatable bonds is 5. The van der Waals surface area contributed by atoms with Crippen molar-refractivity contribution in [2.75, 3.05) is 0 Å². The summed E-state index contributed by atoms with van der Waals surface area (Å²) < 4.78 is 0. The molecule has 0 aliphatic heterocycles. The standard InChI is InChI=1S/C51H31N3/c1-2-11-38-36(9-1)29-47(42-15-6-3-12-39(38)42)33-20-22-34(23-21-33)48-30-49(54-51(53-48)35-24-18-32(19-25-35)37-10-8-28-52-31-37)43-26-27-46-41-14-5-4-13-40(41)44-16-7-17-45(43)50(44)46/h1-31H. The molecule has 3 heteroatoms. The molecular weight excluding hydrogens is 655 g/mol. The third kappa shape index (κ3) is 4.87. The second-order valence-corrected chi connectivity index (χ2v) is 14.0. The van der Waals surface area contributed by atoms with Crippen LogP contribution in [0.4, 0.5) is 0 Å². The van der Waals surface area contributed by atoms with E-state index < -0.39 is 0 Å². The third-order valence-electron chi connectivity index (χ3n) is 10.9. The van der Waals surface area contributed by atoms with Crippen molar-refractivity contribution in [3.05, 3.63) is 188 Å². The van der Waals surface area contributed by atoms with E-state index in [9.17, 15) is 0 Å². The van der Waals surface area contributed by atoms with Gasteiger partial charge in [0.1, 0.15) is 0 Å². The van der Waals surface area contributed by atoms with E-state index in [4.69, 9.17) is 9.97 Å². The predicted octanol–water partition coefficient (Wildman–Crippen LogP) is 13.3. The Hall–Kier alpha value is -7.23. The Kier molecular flexibility index (Phi) is 6.86. The average Bonchev–Trinajstić information content (AvgIpc) is 3.58. The van der Waals surface area contributed by atoms with Gasteiger partial charge in [-0.05, 0) is 95.0 Å². The zero-order chi connectivity index (χ0) is 35.6. The monoisotopic (exact) mass is 685 g/mol. The van der Waals surface area contributed by atoms with Crippen LogP contribution in [0.3, 0.4) is 0 Å². The van der Waals surface area contributed by atoms with Gasteiger partial charge in [-0.2, -0.15) is 0 Å². The lowest BCUT2D eigenvalue weighted by atomic mass is 9.92. The highest BCUT2D eigenvalue weighted by atomic mass is 14.9. The average molecular weight is 686 g/mol. The van der Waals surface area contributed by atoms with Crippen LogP contribution in [0.15, 0.2) is 188 Å². The summed E-state index contributed by atoms with van der Waals surface area (Å²) in [5.41, 5.74) is 14.6. The second-order valence-electron chi connectivity index (χ2n) is 14.0. The van der Waals surface area contributed by atoms with Gasteiger partial charge in [0.2, 0.25) is 0 Å². The van der Waals surface area contributed by atoms with E-state index >= 15 is 0 Å². The Morgan fingerprint density at radius 1 is 0.315 bits per heavy atom. The lowest BCUT2D eigenvalue weighted by Gasteiger charge is -2.14. The highest BCUT2D eigenvalue weighted by Gasteiger charge is 2.23. The minimum atomic E-state index is 0.691. The summed E-state index contributed by atoms with van der Waals surface area (Å²) in [5.74, 6) is 0.691. The molecule has 2 heterocycles. The smallest absolute Gasteiger partial charge is 0.160 e. The molecule has 10 aromatic rings. The van der Waals surface area contributed by atoms with E-state index in [2.05, 4.69) is 175 Å².